The first kappa shape index (κ1) is 15.7. The van der Waals surface area contributed by atoms with Gasteiger partial charge in [-0.25, -0.2) is 0 Å². The van der Waals surface area contributed by atoms with Gasteiger partial charge >= 0.3 is 0 Å². The van der Waals surface area contributed by atoms with E-state index in [2.05, 4.69) is 40.3 Å². The molecule has 0 heterocycles. The van der Waals surface area contributed by atoms with Crippen molar-refractivity contribution in [2.75, 3.05) is 19.0 Å². The fraction of sp³-hybridized carbons (Fsp3) is 0.294. The van der Waals surface area contributed by atoms with Crippen LogP contribution in [0.2, 0.25) is 0 Å². The maximum Gasteiger partial charge on any atom is 0.165 e. The third kappa shape index (κ3) is 3.91. The van der Waals surface area contributed by atoms with Gasteiger partial charge in [-0.05, 0) is 43.7 Å². The molecule has 0 saturated heterocycles. The van der Waals surface area contributed by atoms with Gasteiger partial charge in [0.05, 0.1) is 13.7 Å². The van der Waals surface area contributed by atoms with Crippen molar-refractivity contribution < 1.29 is 9.47 Å². The van der Waals surface area contributed by atoms with Crippen LogP contribution in [0.5, 0.6) is 11.5 Å². The van der Waals surface area contributed by atoms with Gasteiger partial charge in [-0.1, -0.05) is 28.1 Å². The van der Waals surface area contributed by atoms with Gasteiger partial charge in [-0.3, -0.25) is 0 Å². The van der Waals surface area contributed by atoms with Crippen molar-refractivity contribution in [1.29, 1.82) is 0 Å². The van der Waals surface area contributed by atoms with Gasteiger partial charge in [0.25, 0.3) is 0 Å². The number of nitrogens with one attached hydrogen (secondary N) is 1. The number of anilines is 1. The number of hydrogen-bond acceptors (Lipinski definition) is 3. The van der Waals surface area contributed by atoms with Crippen molar-refractivity contribution in [2.45, 2.75) is 20.4 Å². The van der Waals surface area contributed by atoms with Crippen LogP contribution in [0.3, 0.4) is 0 Å². The lowest BCUT2D eigenvalue weighted by Crippen LogP contribution is -2.04. The Labute approximate surface area is 134 Å². The van der Waals surface area contributed by atoms with Gasteiger partial charge in [0.2, 0.25) is 0 Å². The maximum absolute atomic E-state index is 5.60. The Morgan fingerprint density at radius 2 is 2.00 bits per heavy atom. The Morgan fingerprint density at radius 1 is 1.19 bits per heavy atom. The van der Waals surface area contributed by atoms with Crippen LogP contribution < -0.4 is 14.8 Å². The Balaban J connectivity index is 2.17. The van der Waals surface area contributed by atoms with Crippen molar-refractivity contribution in [1.82, 2.24) is 0 Å². The standard InChI is InChI=1S/C17H20BrNO2/c1-4-21-16-7-5-6-13(17(16)20-3)11-19-15-9-8-14(18)10-12(15)2/h5-10,19H,4,11H2,1-3H3. The molecule has 1 N–H and O–H groups in total. The molecule has 0 aliphatic carbocycles. The molecule has 3 nitrogen and oxygen atoms in total. The van der Waals surface area contributed by atoms with Crippen molar-refractivity contribution in [3.63, 3.8) is 0 Å². The second kappa shape index (κ2) is 7.36. The summed E-state index contributed by atoms with van der Waals surface area (Å²) >= 11 is 3.48. The molecule has 0 fully saturated rings. The normalized spacial score (nSPS) is 10.3. The summed E-state index contributed by atoms with van der Waals surface area (Å²) in [6.45, 7) is 5.36. The number of halogens is 1. The van der Waals surface area contributed by atoms with E-state index in [1.54, 1.807) is 7.11 Å². The molecule has 0 radical (unpaired) electrons. The number of aryl methyl sites for hydroxylation is 1. The van der Waals surface area contributed by atoms with Gasteiger partial charge < -0.3 is 14.8 Å². The van der Waals surface area contributed by atoms with Crippen molar-refractivity contribution in [3.8, 4) is 11.5 Å². The van der Waals surface area contributed by atoms with E-state index in [0.717, 1.165) is 27.2 Å². The lowest BCUT2D eigenvalue weighted by molar-refractivity contribution is 0.309. The highest BCUT2D eigenvalue weighted by atomic mass is 79.9. The second-order valence-electron chi connectivity index (χ2n) is 4.69. The number of ether oxygens (including phenoxy) is 2. The zero-order valence-corrected chi connectivity index (χ0v) is 14.2. The maximum atomic E-state index is 5.60. The third-order valence-corrected chi connectivity index (χ3v) is 3.72. The largest absolute Gasteiger partial charge is 0.493 e. The highest BCUT2D eigenvalue weighted by molar-refractivity contribution is 9.10. The van der Waals surface area contributed by atoms with Gasteiger partial charge in [0.1, 0.15) is 0 Å². The summed E-state index contributed by atoms with van der Waals surface area (Å²) in [5.41, 5.74) is 3.39. The van der Waals surface area contributed by atoms with Crippen molar-refractivity contribution in [3.05, 3.63) is 52.0 Å². The number of methoxy groups -OCH3 is 1. The first-order chi connectivity index (χ1) is 10.2. The average molecular weight is 350 g/mol. The van der Waals surface area contributed by atoms with Crippen LogP contribution in [-0.2, 0) is 6.54 Å². The predicted octanol–water partition coefficient (Wildman–Crippen LogP) is 4.78. The van der Waals surface area contributed by atoms with Crippen molar-refractivity contribution >= 4 is 21.6 Å². The molecule has 2 aromatic rings. The molecule has 0 bridgehead atoms. The molecular weight excluding hydrogens is 330 g/mol. The molecule has 0 aliphatic rings. The van der Waals surface area contributed by atoms with Gasteiger partial charge in [0, 0.05) is 22.3 Å². The number of benzene rings is 2. The molecular formula is C17H20BrNO2. The topological polar surface area (TPSA) is 30.5 Å². The van der Waals surface area contributed by atoms with Gasteiger partial charge in [-0.15, -0.1) is 0 Å². The SMILES string of the molecule is CCOc1cccc(CNc2ccc(Br)cc2C)c1OC. The highest BCUT2D eigenvalue weighted by Crippen LogP contribution is 2.32. The molecule has 0 aromatic heterocycles. The quantitative estimate of drug-likeness (QED) is 0.814. The van der Waals surface area contributed by atoms with Crippen LogP contribution in [0.4, 0.5) is 5.69 Å². The van der Waals surface area contributed by atoms with E-state index in [4.69, 9.17) is 9.47 Å². The molecule has 0 saturated carbocycles. The minimum Gasteiger partial charge on any atom is -0.493 e. The molecule has 0 atom stereocenters. The first-order valence-electron chi connectivity index (χ1n) is 6.94. The molecule has 0 unspecified atom stereocenters. The molecule has 2 aromatic carbocycles. The number of para-hydroxylation sites is 1. The summed E-state index contributed by atoms with van der Waals surface area (Å²) in [4.78, 5) is 0. The summed E-state index contributed by atoms with van der Waals surface area (Å²) < 4.78 is 12.2. The van der Waals surface area contributed by atoms with E-state index in [-0.39, 0.29) is 0 Å². The minimum atomic E-state index is 0.624. The molecule has 112 valence electrons. The average Bonchev–Trinajstić information content (AvgIpc) is 2.47. The number of rotatable bonds is 6. The van der Waals surface area contributed by atoms with E-state index in [1.165, 1.54) is 5.56 Å². The summed E-state index contributed by atoms with van der Waals surface area (Å²) in [5, 5.41) is 3.44. The van der Waals surface area contributed by atoms with Gasteiger partial charge in [-0.2, -0.15) is 0 Å². The predicted molar refractivity (Wildman–Crippen MR) is 90.4 cm³/mol. The Hall–Kier alpha value is -1.68. The zero-order valence-electron chi connectivity index (χ0n) is 12.6. The Bertz CT molecular complexity index is 614. The number of hydrogen-bond donors (Lipinski definition) is 1. The zero-order chi connectivity index (χ0) is 15.2. The highest BCUT2D eigenvalue weighted by Gasteiger charge is 2.10. The van der Waals surface area contributed by atoms with Crippen LogP contribution >= 0.6 is 15.9 Å². The van der Waals surface area contributed by atoms with Crippen molar-refractivity contribution in [2.24, 2.45) is 0 Å². The van der Waals surface area contributed by atoms with E-state index < -0.39 is 0 Å². The summed E-state index contributed by atoms with van der Waals surface area (Å²) in [5.74, 6) is 1.58. The molecule has 2 rings (SSSR count). The van der Waals surface area contributed by atoms with Crippen LogP contribution in [0, 0.1) is 6.92 Å². The molecule has 21 heavy (non-hydrogen) atoms. The van der Waals surface area contributed by atoms with E-state index in [9.17, 15) is 0 Å². The van der Waals surface area contributed by atoms with Crippen LogP contribution in [-0.4, -0.2) is 13.7 Å². The Kier molecular flexibility index (Phi) is 5.51. The monoisotopic (exact) mass is 349 g/mol. The summed E-state index contributed by atoms with van der Waals surface area (Å²) in [6.07, 6.45) is 0. The van der Waals surface area contributed by atoms with Crippen LogP contribution in [0.25, 0.3) is 0 Å². The van der Waals surface area contributed by atoms with Crippen LogP contribution in [0.1, 0.15) is 18.1 Å². The first-order valence-corrected chi connectivity index (χ1v) is 7.73. The fourth-order valence-electron chi connectivity index (χ4n) is 2.22. The summed E-state index contributed by atoms with van der Waals surface area (Å²) in [7, 11) is 1.67. The third-order valence-electron chi connectivity index (χ3n) is 3.22. The second-order valence-corrected chi connectivity index (χ2v) is 5.61. The van der Waals surface area contributed by atoms with Gasteiger partial charge in [0.15, 0.2) is 11.5 Å². The smallest absolute Gasteiger partial charge is 0.165 e. The Morgan fingerprint density at radius 3 is 2.67 bits per heavy atom. The molecule has 0 amide bonds. The van der Waals surface area contributed by atoms with E-state index in [1.807, 2.05) is 31.2 Å². The lowest BCUT2D eigenvalue weighted by Gasteiger charge is -2.15. The van der Waals surface area contributed by atoms with E-state index >= 15 is 0 Å². The fourth-order valence-corrected chi connectivity index (χ4v) is 2.69. The molecule has 0 spiro atoms. The van der Waals surface area contributed by atoms with Crippen LogP contribution in [0.15, 0.2) is 40.9 Å². The lowest BCUT2D eigenvalue weighted by atomic mass is 10.1. The van der Waals surface area contributed by atoms with E-state index in [0.29, 0.717) is 13.2 Å². The molecule has 4 heteroatoms. The molecule has 0 aliphatic heterocycles. The minimum absolute atomic E-state index is 0.624. The summed E-state index contributed by atoms with van der Waals surface area (Å²) in [6, 6.07) is 12.1.